The van der Waals surface area contributed by atoms with Crippen LogP contribution in [0.25, 0.3) is 5.13 Å². The molecule has 1 N–H and O–H groups in total. The second kappa shape index (κ2) is 7.67. The van der Waals surface area contributed by atoms with Gasteiger partial charge in [-0.1, -0.05) is 6.07 Å². The van der Waals surface area contributed by atoms with E-state index in [0.29, 0.717) is 24.1 Å². The number of carbonyl (C=O) groups is 1. The Labute approximate surface area is 160 Å². The van der Waals surface area contributed by atoms with Crippen LogP contribution in [0.3, 0.4) is 0 Å². The Balaban J connectivity index is 1.62. The van der Waals surface area contributed by atoms with Gasteiger partial charge in [0.1, 0.15) is 0 Å². The predicted octanol–water partition coefficient (Wildman–Crippen LogP) is 3.13. The number of nitro groups is 1. The smallest absolute Gasteiger partial charge is 0.273 e. The van der Waals surface area contributed by atoms with E-state index in [2.05, 4.69) is 15.4 Å². The maximum absolute atomic E-state index is 12.3. The molecule has 3 rings (SSSR count). The zero-order valence-corrected chi connectivity index (χ0v) is 16.0. The summed E-state index contributed by atoms with van der Waals surface area (Å²) in [6.45, 7) is 5.88. The van der Waals surface area contributed by atoms with Gasteiger partial charge in [-0.3, -0.25) is 14.9 Å². The topological polar surface area (TPSA) is 103 Å². The molecule has 3 aromatic rings. The fourth-order valence-electron chi connectivity index (χ4n) is 2.80. The van der Waals surface area contributed by atoms with Crippen LogP contribution < -0.4 is 5.32 Å². The minimum atomic E-state index is -0.484. The van der Waals surface area contributed by atoms with Crippen LogP contribution in [0.2, 0.25) is 0 Å². The Morgan fingerprint density at radius 2 is 2.11 bits per heavy atom. The summed E-state index contributed by atoms with van der Waals surface area (Å²) in [5, 5.41) is 20.9. The molecule has 0 fully saturated rings. The van der Waals surface area contributed by atoms with Gasteiger partial charge >= 0.3 is 0 Å². The maximum Gasteiger partial charge on any atom is 0.273 e. The summed E-state index contributed by atoms with van der Waals surface area (Å²) in [5.41, 5.74) is 3.42. The van der Waals surface area contributed by atoms with Gasteiger partial charge in [0, 0.05) is 41.2 Å². The van der Waals surface area contributed by atoms with Crippen LogP contribution in [-0.2, 0) is 6.42 Å². The van der Waals surface area contributed by atoms with Crippen LogP contribution in [0.4, 0.5) is 5.69 Å². The number of nitrogens with one attached hydrogen (secondary N) is 1. The summed E-state index contributed by atoms with van der Waals surface area (Å²) in [4.78, 5) is 27.4. The van der Waals surface area contributed by atoms with Crippen LogP contribution in [0.1, 0.15) is 33.0 Å². The molecule has 27 heavy (non-hydrogen) atoms. The van der Waals surface area contributed by atoms with Gasteiger partial charge in [-0.2, -0.15) is 5.10 Å². The van der Waals surface area contributed by atoms with E-state index in [4.69, 9.17) is 0 Å². The first kappa shape index (κ1) is 18.7. The molecule has 0 atom stereocenters. The number of aryl methyl sites for hydroxylation is 2. The molecule has 0 unspecified atom stereocenters. The highest BCUT2D eigenvalue weighted by molar-refractivity contribution is 7.12. The molecule has 1 amide bonds. The molecule has 0 radical (unpaired) electrons. The summed E-state index contributed by atoms with van der Waals surface area (Å²) in [5.74, 6) is -0.329. The molecule has 2 heterocycles. The highest BCUT2D eigenvalue weighted by atomic mass is 32.1. The van der Waals surface area contributed by atoms with Crippen molar-refractivity contribution in [2.45, 2.75) is 27.2 Å². The SMILES string of the molecule is Cc1cc(C)n(-c2nc(CCNC(=O)c3cccc([N+](=O)[O-])c3C)cs2)n1. The zero-order chi connectivity index (χ0) is 19.6. The minimum Gasteiger partial charge on any atom is -0.352 e. The molecule has 0 aliphatic heterocycles. The third-order valence-electron chi connectivity index (χ3n) is 4.14. The highest BCUT2D eigenvalue weighted by Gasteiger charge is 2.17. The third kappa shape index (κ3) is 4.03. The first-order chi connectivity index (χ1) is 12.9. The van der Waals surface area contributed by atoms with Crippen molar-refractivity contribution in [3.05, 3.63) is 68.0 Å². The van der Waals surface area contributed by atoms with Crippen molar-refractivity contribution in [1.29, 1.82) is 0 Å². The lowest BCUT2D eigenvalue weighted by molar-refractivity contribution is -0.385. The molecule has 140 valence electrons. The van der Waals surface area contributed by atoms with Gasteiger partial charge in [0.05, 0.1) is 16.3 Å². The summed E-state index contributed by atoms with van der Waals surface area (Å²) in [6.07, 6.45) is 0.565. The van der Waals surface area contributed by atoms with E-state index in [1.807, 2.05) is 25.3 Å². The molecule has 9 heteroatoms. The summed E-state index contributed by atoms with van der Waals surface area (Å²) < 4.78 is 1.80. The fourth-order valence-corrected chi connectivity index (χ4v) is 3.66. The number of hydrogen-bond donors (Lipinski definition) is 1. The number of nitro benzene ring substituents is 1. The number of nitrogens with zero attached hydrogens (tertiary/aromatic N) is 4. The van der Waals surface area contributed by atoms with Crippen LogP contribution in [0.15, 0.2) is 29.6 Å². The van der Waals surface area contributed by atoms with Gasteiger partial charge < -0.3 is 5.32 Å². The Kier molecular flexibility index (Phi) is 5.31. The van der Waals surface area contributed by atoms with Crippen molar-refractivity contribution in [2.75, 3.05) is 6.54 Å². The van der Waals surface area contributed by atoms with Crippen LogP contribution in [0.5, 0.6) is 0 Å². The Hall–Kier alpha value is -3.07. The van der Waals surface area contributed by atoms with Crippen LogP contribution in [0, 0.1) is 30.9 Å². The van der Waals surface area contributed by atoms with Gasteiger partial charge in [-0.15, -0.1) is 11.3 Å². The zero-order valence-electron chi connectivity index (χ0n) is 15.2. The maximum atomic E-state index is 12.3. The lowest BCUT2D eigenvalue weighted by atomic mass is 10.1. The van der Waals surface area contributed by atoms with E-state index >= 15 is 0 Å². The van der Waals surface area contributed by atoms with Gasteiger partial charge in [0.25, 0.3) is 11.6 Å². The second-order valence-electron chi connectivity index (χ2n) is 6.17. The Morgan fingerprint density at radius 1 is 1.33 bits per heavy atom. The van der Waals surface area contributed by atoms with E-state index in [1.54, 1.807) is 17.7 Å². The third-order valence-corrected chi connectivity index (χ3v) is 5.01. The monoisotopic (exact) mass is 385 g/mol. The molecule has 0 aliphatic rings. The first-order valence-corrected chi connectivity index (χ1v) is 9.25. The first-order valence-electron chi connectivity index (χ1n) is 8.37. The number of thiazole rings is 1. The van der Waals surface area contributed by atoms with Gasteiger partial charge in [0.2, 0.25) is 5.13 Å². The normalized spacial score (nSPS) is 10.8. The second-order valence-corrected chi connectivity index (χ2v) is 7.01. The van der Waals surface area contributed by atoms with Crippen molar-refractivity contribution in [3.8, 4) is 5.13 Å². The number of hydrogen-bond acceptors (Lipinski definition) is 6. The number of carbonyl (C=O) groups excluding carboxylic acids is 1. The Bertz CT molecular complexity index is 1010. The van der Waals surface area contributed by atoms with Crippen molar-refractivity contribution >= 4 is 22.9 Å². The van der Waals surface area contributed by atoms with Crippen molar-refractivity contribution < 1.29 is 9.72 Å². The lowest BCUT2D eigenvalue weighted by Crippen LogP contribution is -2.26. The van der Waals surface area contributed by atoms with Crippen LogP contribution >= 0.6 is 11.3 Å². The summed E-state index contributed by atoms with van der Waals surface area (Å²) in [6, 6.07) is 6.48. The molecule has 0 saturated heterocycles. The van der Waals surface area contributed by atoms with Gasteiger partial charge in [-0.05, 0) is 32.9 Å². The average Bonchev–Trinajstić information content (AvgIpc) is 3.20. The van der Waals surface area contributed by atoms with E-state index in [1.165, 1.54) is 23.5 Å². The summed E-state index contributed by atoms with van der Waals surface area (Å²) >= 11 is 1.49. The molecule has 2 aromatic heterocycles. The molecular weight excluding hydrogens is 366 g/mol. The van der Waals surface area contributed by atoms with Crippen molar-refractivity contribution in [2.24, 2.45) is 0 Å². The quantitative estimate of drug-likeness (QED) is 0.519. The minimum absolute atomic E-state index is 0.0586. The van der Waals surface area contributed by atoms with Gasteiger partial charge in [0.15, 0.2) is 0 Å². The standard InChI is InChI=1S/C18H19N5O3S/c1-11-9-12(2)22(21-11)18-20-14(10-27-18)7-8-19-17(24)15-5-4-6-16(13(15)3)23(25)26/h4-6,9-10H,7-8H2,1-3H3,(H,19,24). The fraction of sp³-hybridized carbons (Fsp3) is 0.278. The highest BCUT2D eigenvalue weighted by Crippen LogP contribution is 2.21. The van der Waals surface area contributed by atoms with Crippen molar-refractivity contribution in [3.63, 3.8) is 0 Å². The predicted molar refractivity (Wildman–Crippen MR) is 103 cm³/mol. The molecule has 0 aliphatic carbocycles. The van der Waals surface area contributed by atoms with E-state index in [-0.39, 0.29) is 11.6 Å². The number of amides is 1. The lowest BCUT2D eigenvalue weighted by Gasteiger charge is -2.07. The number of rotatable bonds is 6. The molecule has 0 spiro atoms. The van der Waals surface area contributed by atoms with E-state index in [0.717, 1.165) is 22.2 Å². The number of aromatic nitrogens is 3. The summed E-state index contributed by atoms with van der Waals surface area (Å²) in [7, 11) is 0. The molecule has 0 bridgehead atoms. The molecule has 0 saturated carbocycles. The largest absolute Gasteiger partial charge is 0.352 e. The van der Waals surface area contributed by atoms with Gasteiger partial charge in [-0.25, -0.2) is 9.67 Å². The average molecular weight is 385 g/mol. The van der Waals surface area contributed by atoms with Crippen molar-refractivity contribution in [1.82, 2.24) is 20.1 Å². The molecule has 1 aromatic carbocycles. The number of benzene rings is 1. The van der Waals surface area contributed by atoms with E-state index < -0.39 is 4.92 Å². The van der Waals surface area contributed by atoms with E-state index in [9.17, 15) is 14.9 Å². The van der Waals surface area contributed by atoms with Crippen LogP contribution in [-0.4, -0.2) is 32.1 Å². The molecular formula is C18H19N5O3S. The molecule has 8 nitrogen and oxygen atoms in total. The Morgan fingerprint density at radius 3 is 2.78 bits per heavy atom.